The summed E-state index contributed by atoms with van der Waals surface area (Å²) in [6.45, 7) is 4.24. The molecule has 0 radical (unpaired) electrons. The Morgan fingerprint density at radius 3 is 2.55 bits per heavy atom. The molecule has 0 bridgehead atoms. The summed E-state index contributed by atoms with van der Waals surface area (Å²) in [6, 6.07) is 7.70. The molecule has 4 nitrogen and oxygen atoms in total. The van der Waals surface area contributed by atoms with Crippen molar-refractivity contribution in [3.8, 4) is 0 Å². The average molecular weight is 325 g/mol. The zero-order valence-corrected chi connectivity index (χ0v) is 14.3. The standard InChI is InChI=1S/C17H25ClN2O2/c1-16(2,22)12-20(3)15(21)19-11-17(9-6-10-17)13-7-4-5-8-14(13)18/h4-5,7-8,22H,6,9-12H2,1-3H3,(H,19,21). The van der Waals surface area contributed by atoms with Gasteiger partial charge < -0.3 is 15.3 Å². The normalized spacial score (nSPS) is 16.8. The summed E-state index contributed by atoms with van der Waals surface area (Å²) < 4.78 is 0. The number of rotatable bonds is 5. The fourth-order valence-corrected chi connectivity index (χ4v) is 3.40. The van der Waals surface area contributed by atoms with E-state index in [1.165, 1.54) is 4.90 Å². The highest BCUT2D eigenvalue weighted by molar-refractivity contribution is 6.31. The topological polar surface area (TPSA) is 52.6 Å². The fourth-order valence-electron chi connectivity index (χ4n) is 3.07. The molecular formula is C17H25ClN2O2. The van der Waals surface area contributed by atoms with Crippen LogP contribution in [0.4, 0.5) is 4.79 Å². The molecule has 1 aliphatic rings. The van der Waals surface area contributed by atoms with E-state index in [1.54, 1.807) is 20.9 Å². The third-order valence-corrected chi connectivity index (χ3v) is 4.63. The maximum atomic E-state index is 12.2. The van der Waals surface area contributed by atoms with Crippen LogP contribution in [0.3, 0.4) is 0 Å². The van der Waals surface area contributed by atoms with E-state index < -0.39 is 5.60 Å². The lowest BCUT2D eigenvalue weighted by molar-refractivity contribution is 0.0527. The predicted octanol–water partition coefficient (Wildman–Crippen LogP) is 3.17. The number of nitrogens with zero attached hydrogens (tertiary/aromatic N) is 1. The highest BCUT2D eigenvalue weighted by Crippen LogP contribution is 2.45. The molecule has 122 valence electrons. The minimum atomic E-state index is -0.900. The van der Waals surface area contributed by atoms with Gasteiger partial charge in [-0.25, -0.2) is 4.79 Å². The van der Waals surface area contributed by atoms with E-state index in [9.17, 15) is 9.90 Å². The van der Waals surface area contributed by atoms with Crippen LogP contribution in [-0.2, 0) is 5.41 Å². The Morgan fingerprint density at radius 2 is 2.05 bits per heavy atom. The zero-order valence-electron chi connectivity index (χ0n) is 13.5. The molecule has 2 N–H and O–H groups in total. The van der Waals surface area contributed by atoms with Crippen LogP contribution in [0.15, 0.2) is 24.3 Å². The maximum absolute atomic E-state index is 12.2. The van der Waals surface area contributed by atoms with Crippen molar-refractivity contribution in [3.63, 3.8) is 0 Å². The summed E-state index contributed by atoms with van der Waals surface area (Å²) in [4.78, 5) is 13.7. The molecule has 5 heteroatoms. The van der Waals surface area contributed by atoms with E-state index in [0.717, 1.165) is 29.8 Å². The average Bonchev–Trinajstić information content (AvgIpc) is 2.37. The smallest absolute Gasteiger partial charge is 0.317 e. The van der Waals surface area contributed by atoms with Gasteiger partial charge in [0.2, 0.25) is 0 Å². The lowest BCUT2D eigenvalue weighted by Crippen LogP contribution is -2.50. The summed E-state index contributed by atoms with van der Waals surface area (Å²) in [7, 11) is 1.69. The Morgan fingerprint density at radius 1 is 1.41 bits per heavy atom. The van der Waals surface area contributed by atoms with Crippen LogP contribution < -0.4 is 5.32 Å². The number of nitrogens with one attached hydrogen (secondary N) is 1. The van der Waals surface area contributed by atoms with Crippen molar-refractivity contribution >= 4 is 17.6 Å². The van der Waals surface area contributed by atoms with Crippen molar-refractivity contribution in [1.29, 1.82) is 0 Å². The zero-order chi connectivity index (χ0) is 16.4. The van der Waals surface area contributed by atoms with E-state index in [1.807, 2.05) is 24.3 Å². The number of hydrogen-bond acceptors (Lipinski definition) is 2. The molecule has 22 heavy (non-hydrogen) atoms. The van der Waals surface area contributed by atoms with E-state index >= 15 is 0 Å². The Kier molecular flexibility index (Phi) is 5.03. The van der Waals surface area contributed by atoms with E-state index in [-0.39, 0.29) is 18.0 Å². The van der Waals surface area contributed by atoms with Crippen molar-refractivity contribution in [2.24, 2.45) is 0 Å². The second-order valence-electron chi connectivity index (χ2n) is 6.94. The van der Waals surface area contributed by atoms with Crippen LogP contribution in [0.5, 0.6) is 0 Å². The number of benzene rings is 1. The lowest BCUT2D eigenvalue weighted by Gasteiger charge is -2.43. The van der Waals surface area contributed by atoms with Crippen LogP contribution in [0, 0.1) is 0 Å². The second-order valence-corrected chi connectivity index (χ2v) is 7.35. The van der Waals surface area contributed by atoms with Gasteiger partial charge in [-0.15, -0.1) is 0 Å². The number of likely N-dealkylation sites (N-methyl/N-ethyl adjacent to an activating group) is 1. The fraction of sp³-hybridized carbons (Fsp3) is 0.588. The molecule has 0 spiro atoms. The molecule has 0 unspecified atom stereocenters. The Labute approximate surface area is 137 Å². The first-order chi connectivity index (χ1) is 10.2. The van der Waals surface area contributed by atoms with Crippen LogP contribution in [0.2, 0.25) is 5.02 Å². The van der Waals surface area contributed by atoms with Gasteiger partial charge in [-0.3, -0.25) is 0 Å². The van der Waals surface area contributed by atoms with Crippen LogP contribution in [0.25, 0.3) is 0 Å². The summed E-state index contributed by atoms with van der Waals surface area (Å²) in [5.41, 5.74) is 0.167. The van der Waals surface area contributed by atoms with Gasteiger partial charge in [-0.1, -0.05) is 36.2 Å². The molecule has 0 saturated heterocycles. The molecule has 1 aromatic carbocycles. The van der Waals surface area contributed by atoms with Gasteiger partial charge in [0.05, 0.1) is 12.1 Å². The van der Waals surface area contributed by atoms with Gasteiger partial charge in [-0.05, 0) is 38.3 Å². The molecular weight excluding hydrogens is 300 g/mol. The minimum absolute atomic E-state index is 0.0520. The number of aliphatic hydroxyl groups is 1. The number of urea groups is 1. The molecule has 1 fully saturated rings. The minimum Gasteiger partial charge on any atom is -0.389 e. The second kappa shape index (κ2) is 6.47. The van der Waals surface area contributed by atoms with Gasteiger partial charge in [0.15, 0.2) is 0 Å². The van der Waals surface area contributed by atoms with Crippen molar-refractivity contribution in [1.82, 2.24) is 10.2 Å². The molecule has 0 atom stereocenters. The predicted molar refractivity (Wildman–Crippen MR) is 89.3 cm³/mol. The molecule has 2 amide bonds. The van der Waals surface area contributed by atoms with E-state index in [0.29, 0.717) is 6.54 Å². The molecule has 1 aromatic rings. The maximum Gasteiger partial charge on any atom is 0.317 e. The van der Waals surface area contributed by atoms with Crippen LogP contribution in [-0.4, -0.2) is 41.8 Å². The Hall–Kier alpha value is -1.26. The number of halogens is 1. The Balaban J connectivity index is 2.00. The van der Waals surface area contributed by atoms with E-state index in [2.05, 4.69) is 5.32 Å². The first kappa shape index (κ1) is 17.1. The van der Waals surface area contributed by atoms with Gasteiger partial charge in [0.1, 0.15) is 0 Å². The first-order valence-electron chi connectivity index (χ1n) is 7.70. The summed E-state index contributed by atoms with van der Waals surface area (Å²) in [5.74, 6) is 0. The summed E-state index contributed by atoms with van der Waals surface area (Å²) in [6.07, 6.45) is 3.22. The lowest BCUT2D eigenvalue weighted by atomic mass is 9.64. The number of amides is 2. The van der Waals surface area contributed by atoms with Crippen LogP contribution >= 0.6 is 11.6 Å². The number of hydrogen-bond donors (Lipinski definition) is 2. The first-order valence-corrected chi connectivity index (χ1v) is 8.08. The molecule has 0 aliphatic heterocycles. The SMILES string of the molecule is CN(CC(C)(C)O)C(=O)NCC1(c2ccccc2Cl)CCC1. The third kappa shape index (κ3) is 3.93. The third-order valence-electron chi connectivity index (χ3n) is 4.30. The summed E-state index contributed by atoms with van der Waals surface area (Å²) in [5, 5.41) is 13.6. The van der Waals surface area contributed by atoms with Crippen molar-refractivity contribution in [2.45, 2.75) is 44.1 Å². The van der Waals surface area contributed by atoms with Gasteiger partial charge in [0.25, 0.3) is 0 Å². The van der Waals surface area contributed by atoms with Gasteiger partial charge in [-0.2, -0.15) is 0 Å². The molecule has 1 aliphatic carbocycles. The number of carbonyl (C=O) groups excluding carboxylic acids is 1. The highest BCUT2D eigenvalue weighted by atomic mass is 35.5. The number of carbonyl (C=O) groups is 1. The Bertz CT molecular complexity index is 536. The van der Waals surface area contributed by atoms with Gasteiger partial charge >= 0.3 is 6.03 Å². The molecule has 0 aromatic heterocycles. The summed E-state index contributed by atoms with van der Waals surface area (Å²) >= 11 is 6.33. The molecule has 1 saturated carbocycles. The van der Waals surface area contributed by atoms with E-state index in [4.69, 9.17) is 11.6 Å². The van der Waals surface area contributed by atoms with Crippen molar-refractivity contribution in [2.75, 3.05) is 20.1 Å². The molecule has 0 heterocycles. The quantitative estimate of drug-likeness (QED) is 0.874. The highest BCUT2D eigenvalue weighted by Gasteiger charge is 2.40. The largest absolute Gasteiger partial charge is 0.389 e. The van der Waals surface area contributed by atoms with Crippen LogP contribution in [0.1, 0.15) is 38.7 Å². The van der Waals surface area contributed by atoms with Crippen molar-refractivity contribution in [3.05, 3.63) is 34.9 Å². The van der Waals surface area contributed by atoms with Gasteiger partial charge in [0, 0.05) is 24.0 Å². The monoisotopic (exact) mass is 324 g/mol. The molecule has 2 rings (SSSR count). The van der Waals surface area contributed by atoms with Crippen molar-refractivity contribution < 1.29 is 9.90 Å².